The molecular formula is C23H30FN5O2. The molecule has 0 saturated carbocycles. The highest BCUT2D eigenvalue weighted by Crippen LogP contribution is 2.41. The van der Waals surface area contributed by atoms with Gasteiger partial charge >= 0.3 is 0 Å². The van der Waals surface area contributed by atoms with Gasteiger partial charge in [0.15, 0.2) is 5.82 Å². The highest BCUT2D eigenvalue weighted by molar-refractivity contribution is 5.85. The number of aromatic nitrogens is 1. The molecule has 166 valence electrons. The summed E-state index contributed by atoms with van der Waals surface area (Å²) < 4.78 is 18.1. The van der Waals surface area contributed by atoms with Crippen molar-refractivity contribution in [2.75, 3.05) is 55.6 Å². The van der Waals surface area contributed by atoms with E-state index in [0.717, 1.165) is 83.0 Å². The second-order valence-electron chi connectivity index (χ2n) is 9.09. The number of hydrogen-bond donors (Lipinski definition) is 1. The van der Waals surface area contributed by atoms with Crippen LogP contribution >= 0.6 is 0 Å². The lowest BCUT2D eigenvalue weighted by molar-refractivity contribution is -0.128. The number of carbonyl (C=O) groups excluding carboxylic acids is 1. The zero-order valence-corrected chi connectivity index (χ0v) is 17.8. The van der Waals surface area contributed by atoms with Crippen molar-refractivity contribution in [2.45, 2.75) is 31.7 Å². The number of piperidine rings is 1. The van der Waals surface area contributed by atoms with Crippen molar-refractivity contribution < 1.29 is 13.7 Å². The highest BCUT2D eigenvalue weighted by Gasteiger charge is 2.48. The Balaban J connectivity index is 1.08. The molecule has 1 spiro atoms. The lowest BCUT2D eigenvalue weighted by Gasteiger charge is -2.37. The molecule has 0 unspecified atom stereocenters. The maximum absolute atomic E-state index is 13.1. The Kier molecular flexibility index (Phi) is 5.56. The van der Waals surface area contributed by atoms with E-state index in [1.807, 2.05) is 18.2 Å². The van der Waals surface area contributed by atoms with Gasteiger partial charge in [-0.05, 0) is 49.9 Å². The van der Waals surface area contributed by atoms with Crippen molar-refractivity contribution in [3.8, 4) is 0 Å². The van der Waals surface area contributed by atoms with Crippen molar-refractivity contribution >= 4 is 17.4 Å². The first-order valence-corrected chi connectivity index (χ1v) is 11.3. The topological polar surface area (TPSA) is 64.9 Å². The Hall–Kier alpha value is -2.61. The number of nitrogens with one attached hydrogen (secondary N) is 1. The van der Waals surface area contributed by atoms with E-state index < -0.39 is 0 Å². The summed E-state index contributed by atoms with van der Waals surface area (Å²) in [5, 5.41) is 7.30. The van der Waals surface area contributed by atoms with Crippen LogP contribution in [0.3, 0.4) is 0 Å². The Morgan fingerprint density at radius 3 is 2.45 bits per heavy atom. The third-order valence-electron chi connectivity index (χ3n) is 7.28. The molecule has 5 rings (SSSR count). The molecule has 3 aliphatic heterocycles. The average Bonchev–Trinajstić information content (AvgIpc) is 3.43. The van der Waals surface area contributed by atoms with E-state index in [1.165, 1.54) is 12.1 Å². The summed E-state index contributed by atoms with van der Waals surface area (Å²) in [6, 6.07) is 8.90. The summed E-state index contributed by atoms with van der Waals surface area (Å²) in [5.41, 5.74) is 0.870. The van der Waals surface area contributed by atoms with Gasteiger partial charge in [-0.2, -0.15) is 0 Å². The summed E-state index contributed by atoms with van der Waals surface area (Å²) in [4.78, 5) is 19.8. The van der Waals surface area contributed by atoms with Gasteiger partial charge in [0, 0.05) is 63.6 Å². The predicted molar refractivity (Wildman–Crippen MR) is 117 cm³/mol. The van der Waals surface area contributed by atoms with Crippen LogP contribution in [0.1, 0.15) is 25.7 Å². The van der Waals surface area contributed by atoms with Gasteiger partial charge in [0.1, 0.15) is 12.1 Å². The third-order valence-corrected chi connectivity index (χ3v) is 7.28. The van der Waals surface area contributed by atoms with Gasteiger partial charge in [-0.1, -0.05) is 5.16 Å². The van der Waals surface area contributed by atoms with Crippen LogP contribution in [0.4, 0.5) is 15.9 Å². The number of halogens is 1. The molecule has 3 fully saturated rings. The fraction of sp³-hybridized carbons (Fsp3) is 0.565. The van der Waals surface area contributed by atoms with Crippen LogP contribution in [0, 0.1) is 11.2 Å². The number of hydrogen-bond acceptors (Lipinski definition) is 6. The fourth-order valence-corrected chi connectivity index (χ4v) is 5.31. The molecule has 4 heterocycles. The molecule has 2 aromatic rings. The quantitative estimate of drug-likeness (QED) is 0.791. The van der Waals surface area contributed by atoms with Crippen LogP contribution in [0.2, 0.25) is 0 Å². The lowest BCUT2D eigenvalue weighted by atomic mass is 9.75. The largest absolute Gasteiger partial charge is 0.369 e. The Bertz CT molecular complexity index is 872. The van der Waals surface area contributed by atoms with Crippen molar-refractivity contribution in [1.29, 1.82) is 0 Å². The summed E-state index contributed by atoms with van der Waals surface area (Å²) in [5.74, 6) is 0.908. The zero-order chi connectivity index (χ0) is 21.3. The number of amides is 1. The van der Waals surface area contributed by atoms with Crippen molar-refractivity contribution in [3.63, 3.8) is 0 Å². The van der Waals surface area contributed by atoms with E-state index in [-0.39, 0.29) is 23.2 Å². The van der Waals surface area contributed by atoms with Crippen LogP contribution in [-0.2, 0) is 4.79 Å². The Labute approximate surface area is 182 Å². The van der Waals surface area contributed by atoms with Gasteiger partial charge in [0.25, 0.3) is 0 Å². The molecule has 31 heavy (non-hydrogen) atoms. The molecule has 3 aliphatic rings. The lowest BCUT2D eigenvalue weighted by Crippen LogP contribution is -2.47. The van der Waals surface area contributed by atoms with Gasteiger partial charge in [-0.25, -0.2) is 4.39 Å². The van der Waals surface area contributed by atoms with Gasteiger partial charge in [-0.3, -0.25) is 9.69 Å². The summed E-state index contributed by atoms with van der Waals surface area (Å²) in [6.45, 7) is 6.58. The molecule has 1 aromatic heterocycles. The Morgan fingerprint density at radius 1 is 1.03 bits per heavy atom. The van der Waals surface area contributed by atoms with Crippen LogP contribution < -0.4 is 15.1 Å². The Morgan fingerprint density at radius 2 is 1.77 bits per heavy atom. The van der Waals surface area contributed by atoms with Crippen LogP contribution in [0.25, 0.3) is 0 Å². The minimum Gasteiger partial charge on any atom is -0.369 e. The van der Waals surface area contributed by atoms with E-state index >= 15 is 0 Å². The van der Waals surface area contributed by atoms with Crippen molar-refractivity contribution in [1.82, 2.24) is 15.4 Å². The van der Waals surface area contributed by atoms with Gasteiger partial charge < -0.3 is 19.6 Å². The SMILES string of the molecule is O=C1N[C@@H](CCN2CCN(c3ccc(F)cc3)CC2)CC12CCN(c1ccon1)CC2. The second kappa shape index (κ2) is 8.49. The first-order valence-electron chi connectivity index (χ1n) is 11.3. The van der Waals surface area contributed by atoms with Crippen molar-refractivity contribution in [3.05, 3.63) is 42.4 Å². The number of piperazine rings is 1. The molecule has 1 atom stereocenters. The first-order chi connectivity index (χ1) is 15.1. The minimum absolute atomic E-state index is 0.192. The molecule has 1 amide bonds. The van der Waals surface area contributed by atoms with E-state index in [2.05, 4.69) is 25.2 Å². The molecule has 1 N–H and O–H groups in total. The fourth-order valence-electron chi connectivity index (χ4n) is 5.31. The van der Waals surface area contributed by atoms with Crippen molar-refractivity contribution in [2.24, 2.45) is 5.41 Å². The number of rotatable bonds is 5. The van der Waals surface area contributed by atoms with Gasteiger partial charge in [-0.15, -0.1) is 0 Å². The maximum Gasteiger partial charge on any atom is 0.226 e. The monoisotopic (exact) mass is 427 g/mol. The molecular weight excluding hydrogens is 397 g/mol. The average molecular weight is 428 g/mol. The molecule has 7 nitrogen and oxygen atoms in total. The van der Waals surface area contributed by atoms with Crippen LogP contribution in [0.15, 0.2) is 41.1 Å². The number of benzene rings is 1. The standard InChI is InChI=1S/C23H30FN5O2/c24-18-1-3-20(4-2-18)28-14-12-27(13-15-28)9-5-19-17-23(22(30)25-19)7-10-29(11-8-23)21-6-16-31-26-21/h1-4,6,16,19H,5,7-15,17H2,(H,25,30)/t19-/m0/s1. The van der Waals surface area contributed by atoms with Gasteiger partial charge in [0.2, 0.25) is 5.91 Å². The highest BCUT2D eigenvalue weighted by atomic mass is 19.1. The summed E-state index contributed by atoms with van der Waals surface area (Å²) in [7, 11) is 0. The normalized spacial score (nSPS) is 24.0. The maximum atomic E-state index is 13.1. The van der Waals surface area contributed by atoms with E-state index in [9.17, 15) is 9.18 Å². The van der Waals surface area contributed by atoms with E-state index in [4.69, 9.17) is 4.52 Å². The summed E-state index contributed by atoms with van der Waals surface area (Å²) >= 11 is 0. The molecule has 8 heteroatoms. The third kappa shape index (κ3) is 4.26. The smallest absolute Gasteiger partial charge is 0.226 e. The number of anilines is 2. The first kappa shape index (κ1) is 20.3. The number of carbonyl (C=O) groups is 1. The molecule has 0 aliphatic carbocycles. The summed E-state index contributed by atoms with van der Waals surface area (Å²) in [6.07, 6.45) is 5.28. The molecule has 0 bridgehead atoms. The van der Waals surface area contributed by atoms with E-state index in [1.54, 1.807) is 6.26 Å². The van der Waals surface area contributed by atoms with Gasteiger partial charge in [0.05, 0.1) is 5.41 Å². The molecule has 1 aromatic carbocycles. The van der Waals surface area contributed by atoms with Crippen LogP contribution in [-0.4, -0.2) is 67.8 Å². The van der Waals surface area contributed by atoms with E-state index in [0.29, 0.717) is 0 Å². The van der Waals surface area contributed by atoms with Crippen LogP contribution in [0.5, 0.6) is 0 Å². The molecule has 0 radical (unpaired) electrons. The minimum atomic E-state index is -0.216. The zero-order valence-electron chi connectivity index (χ0n) is 17.8. The predicted octanol–water partition coefficient (Wildman–Crippen LogP) is 2.50. The molecule has 3 saturated heterocycles. The second-order valence-corrected chi connectivity index (χ2v) is 9.09. The number of nitrogens with zero attached hydrogens (tertiary/aromatic N) is 4.